The van der Waals surface area contributed by atoms with Gasteiger partial charge in [0.25, 0.3) is 0 Å². The van der Waals surface area contributed by atoms with E-state index in [1.54, 1.807) is 20.7 Å². The second kappa shape index (κ2) is 4.43. The maximum Gasteiger partial charge on any atom is 0.111 e. The molecule has 78 valence electrons. The number of hydrogen-bond donors (Lipinski definition) is 0. The summed E-state index contributed by atoms with van der Waals surface area (Å²) in [4.78, 5) is 2.19. The van der Waals surface area contributed by atoms with Crippen LogP contribution >= 0.6 is 32.9 Å². The Bertz CT molecular complexity index is 498. The first kappa shape index (κ1) is 10.8. The van der Waals surface area contributed by atoms with Gasteiger partial charge < -0.3 is 4.90 Å². The molecule has 2 aromatic rings. The zero-order valence-corrected chi connectivity index (χ0v) is 11.0. The molecule has 0 spiro atoms. The SMILES string of the molecule is Cc1c(N(C)c2ccccc2)ssc1=S. The third-order valence-electron chi connectivity index (χ3n) is 2.27. The van der Waals surface area contributed by atoms with Gasteiger partial charge in [0, 0.05) is 18.3 Å². The lowest BCUT2D eigenvalue weighted by atomic mass is 10.3. The molecule has 0 atom stereocenters. The summed E-state index contributed by atoms with van der Waals surface area (Å²) in [6.07, 6.45) is 0. The quantitative estimate of drug-likeness (QED) is 0.568. The zero-order chi connectivity index (χ0) is 10.8. The minimum Gasteiger partial charge on any atom is -0.335 e. The lowest BCUT2D eigenvalue weighted by Crippen LogP contribution is -2.08. The molecule has 15 heavy (non-hydrogen) atoms. The van der Waals surface area contributed by atoms with Crippen molar-refractivity contribution in [3.63, 3.8) is 0 Å². The molecule has 1 aromatic heterocycles. The second-order valence-corrected chi connectivity index (χ2v) is 6.07. The average molecular weight is 253 g/mol. The Morgan fingerprint density at radius 1 is 1.13 bits per heavy atom. The normalized spacial score (nSPS) is 10.3. The van der Waals surface area contributed by atoms with Gasteiger partial charge in [-0.05, 0) is 19.1 Å². The van der Waals surface area contributed by atoms with Crippen molar-refractivity contribution in [3.05, 3.63) is 39.7 Å². The summed E-state index contributed by atoms with van der Waals surface area (Å²) in [6.45, 7) is 2.09. The first-order valence-electron chi connectivity index (χ1n) is 4.58. The Hall–Kier alpha value is -0.710. The minimum atomic E-state index is 0.998. The van der Waals surface area contributed by atoms with Crippen LogP contribution in [0.4, 0.5) is 10.7 Å². The first-order valence-corrected chi connectivity index (χ1v) is 7.14. The Morgan fingerprint density at radius 3 is 2.33 bits per heavy atom. The zero-order valence-electron chi connectivity index (χ0n) is 8.56. The molecule has 0 fully saturated rings. The predicted octanol–water partition coefficient (Wildman–Crippen LogP) is 4.62. The molecule has 0 bridgehead atoms. The number of para-hydroxylation sites is 1. The van der Waals surface area contributed by atoms with Gasteiger partial charge in [-0.1, -0.05) is 51.1 Å². The van der Waals surface area contributed by atoms with E-state index >= 15 is 0 Å². The van der Waals surface area contributed by atoms with Crippen LogP contribution in [0.2, 0.25) is 0 Å². The van der Waals surface area contributed by atoms with Gasteiger partial charge in [0.2, 0.25) is 0 Å². The van der Waals surface area contributed by atoms with Crippen LogP contribution in [0.3, 0.4) is 0 Å². The van der Waals surface area contributed by atoms with Crippen molar-refractivity contribution in [2.24, 2.45) is 0 Å². The van der Waals surface area contributed by atoms with Gasteiger partial charge in [-0.15, -0.1) is 0 Å². The predicted molar refractivity (Wildman–Crippen MR) is 72.3 cm³/mol. The third kappa shape index (κ3) is 2.12. The molecule has 0 saturated carbocycles. The summed E-state index contributed by atoms with van der Waals surface area (Å²) in [5, 5.41) is 1.25. The summed E-state index contributed by atoms with van der Waals surface area (Å²) in [5.41, 5.74) is 2.41. The van der Waals surface area contributed by atoms with E-state index in [1.807, 2.05) is 18.2 Å². The summed E-state index contributed by atoms with van der Waals surface area (Å²) in [5.74, 6) is 0. The Morgan fingerprint density at radius 2 is 1.80 bits per heavy atom. The number of nitrogens with zero attached hydrogens (tertiary/aromatic N) is 1. The standard InChI is InChI=1S/C11H11NS3/c1-8-10(14-15-11(8)13)12(2)9-6-4-3-5-7-9/h3-7H,1-2H3. The monoisotopic (exact) mass is 253 g/mol. The van der Waals surface area contributed by atoms with E-state index in [2.05, 4.69) is 31.0 Å². The largest absolute Gasteiger partial charge is 0.335 e. The molecule has 1 nitrogen and oxygen atoms in total. The fraction of sp³-hybridized carbons (Fsp3) is 0.182. The maximum absolute atomic E-state index is 5.25. The Labute approximate surface area is 102 Å². The molecule has 0 aliphatic heterocycles. The van der Waals surface area contributed by atoms with Gasteiger partial charge in [-0.3, -0.25) is 0 Å². The molecule has 0 saturated heterocycles. The number of hydrogen-bond acceptors (Lipinski definition) is 4. The summed E-state index contributed by atoms with van der Waals surface area (Å²) in [7, 11) is 5.49. The molecule has 0 radical (unpaired) electrons. The third-order valence-corrected chi connectivity index (χ3v) is 5.65. The maximum atomic E-state index is 5.25. The Kier molecular flexibility index (Phi) is 3.19. The summed E-state index contributed by atoms with van der Waals surface area (Å²) >= 11 is 5.25. The molecule has 0 aliphatic rings. The molecule has 2 rings (SSSR count). The van der Waals surface area contributed by atoms with Crippen LogP contribution in [0.25, 0.3) is 0 Å². The van der Waals surface area contributed by atoms with Gasteiger partial charge in [0.1, 0.15) is 8.82 Å². The van der Waals surface area contributed by atoms with Crippen LogP contribution < -0.4 is 4.90 Å². The highest BCUT2D eigenvalue weighted by molar-refractivity contribution is 7.80. The topological polar surface area (TPSA) is 3.24 Å². The van der Waals surface area contributed by atoms with Crippen LogP contribution in [0.5, 0.6) is 0 Å². The minimum absolute atomic E-state index is 0.998. The number of benzene rings is 1. The molecule has 0 amide bonds. The highest BCUT2D eigenvalue weighted by atomic mass is 32.9. The van der Waals surface area contributed by atoms with Gasteiger partial charge in [-0.25, -0.2) is 0 Å². The second-order valence-electron chi connectivity index (χ2n) is 3.28. The van der Waals surface area contributed by atoms with Crippen molar-refractivity contribution >= 4 is 43.6 Å². The van der Waals surface area contributed by atoms with Crippen LogP contribution in [0.15, 0.2) is 30.3 Å². The van der Waals surface area contributed by atoms with E-state index < -0.39 is 0 Å². The van der Waals surface area contributed by atoms with Crippen LogP contribution in [0, 0.1) is 10.7 Å². The molecule has 1 heterocycles. The molecular formula is C11H11NS3. The van der Waals surface area contributed by atoms with E-state index in [0.29, 0.717) is 0 Å². The number of rotatable bonds is 2. The van der Waals surface area contributed by atoms with Crippen LogP contribution in [-0.2, 0) is 0 Å². The van der Waals surface area contributed by atoms with Crippen molar-refractivity contribution in [2.45, 2.75) is 6.92 Å². The van der Waals surface area contributed by atoms with Crippen molar-refractivity contribution < 1.29 is 0 Å². The number of anilines is 2. The van der Waals surface area contributed by atoms with E-state index in [4.69, 9.17) is 12.2 Å². The summed E-state index contributed by atoms with van der Waals surface area (Å²) in [6, 6.07) is 10.3. The lowest BCUT2D eigenvalue weighted by molar-refractivity contribution is 1.22. The van der Waals surface area contributed by atoms with Crippen LogP contribution in [0.1, 0.15) is 5.56 Å². The fourth-order valence-electron chi connectivity index (χ4n) is 1.37. The molecule has 0 unspecified atom stereocenters. The molecule has 0 N–H and O–H groups in total. The van der Waals surface area contributed by atoms with E-state index in [9.17, 15) is 0 Å². The van der Waals surface area contributed by atoms with Crippen LogP contribution in [-0.4, -0.2) is 7.05 Å². The van der Waals surface area contributed by atoms with E-state index in [-0.39, 0.29) is 0 Å². The van der Waals surface area contributed by atoms with E-state index in [1.165, 1.54) is 16.3 Å². The first-order chi connectivity index (χ1) is 7.20. The highest BCUT2D eigenvalue weighted by Gasteiger charge is 2.09. The van der Waals surface area contributed by atoms with Gasteiger partial charge in [0.15, 0.2) is 0 Å². The van der Waals surface area contributed by atoms with Crippen molar-refractivity contribution in [3.8, 4) is 0 Å². The lowest BCUT2D eigenvalue weighted by Gasteiger charge is -2.17. The smallest absolute Gasteiger partial charge is 0.111 e. The molecular weight excluding hydrogens is 242 g/mol. The fourth-order valence-corrected chi connectivity index (χ4v) is 4.27. The van der Waals surface area contributed by atoms with Crippen molar-refractivity contribution in [1.82, 2.24) is 0 Å². The van der Waals surface area contributed by atoms with Crippen molar-refractivity contribution in [1.29, 1.82) is 0 Å². The Balaban J connectivity index is 2.41. The van der Waals surface area contributed by atoms with Gasteiger partial charge >= 0.3 is 0 Å². The highest BCUT2D eigenvalue weighted by Crippen LogP contribution is 2.35. The molecule has 0 aliphatic carbocycles. The van der Waals surface area contributed by atoms with Gasteiger partial charge in [0.05, 0.1) is 0 Å². The molecule has 4 heteroatoms. The van der Waals surface area contributed by atoms with Gasteiger partial charge in [-0.2, -0.15) is 0 Å². The van der Waals surface area contributed by atoms with E-state index in [0.717, 1.165) is 3.82 Å². The molecule has 1 aromatic carbocycles. The average Bonchev–Trinajstić information content (AvgIpc) is 2.60. The summed E-state index contributed by atoms with van der Waals surface area (Å²) < 4.78 is 0.998. The van der Waals surface area contributed by atoms with Crippen molar-refractivity contribution in [2.75, 3.05) is 11.9 Å².